The van der Waals surface area contributed by atoms with Crippen LogP contribution in [-0.4, -0.2) is 24.0 Å². The molecule has 0 saturated carbocycles. The minimum absolute atomic E-state index is 0.0580. The molecule has 3 heteroatoms. The second kappa shape index (κ2) is 11.0. The Bertz CT molecular complexity index is 421. The number of rotatable bonds is 13. The van der Waals surface area contributed by atoms with Crippen molar-refractivity contribution in [3.63, 3.8) is 0 Å². The zero-order valence-electron chi connectivity index (χ0n) is 15.8. The summed E-state index contributed by atoms with van der Waals surface area (Å²) in [5.41, 5.74) is 9.91. The van der Waals surface area contributed by atoms with E-state index in [1.54, 1.807) is 0 Å². The summed E-state index contributed by atoms with van der Waals surface area (Å²) in [5, 5.41) is 3.42. The van der Waals surface area contributed by atoms with Crippen LogP contribution in [0, 0.1) is 5.92 Å². The fourth-order valence-corrected chi connectivity index (χ4v) is 2.55. The molecule has 3 N–H and O–H groups in total. The van der Waals surface area contributed by atoms with Crippen molar-refractivity contribution in [3.8, 4) is 0 Å². The Kier molecular flexibility index (Phi) is 10.2. The first kappa shape index (κ1) is 21.4. The molecular formula is C20H37N3. The lowest BCUT2D eigenvalue weighted by Crippen LogP contribution is -2.40. The van der Waals surface area contributed by atoms with Crippen LogP contribution in [0.1, 0.15) is 53.4 Å². The standard InChI is InChI=1S/C20H37N3/c1-9-13-23(18(7)12-10-11-15(2)3)14-17(6)22-20(16(4)5)19(8)21/h16,20,22H,2,6-14,21H2,1,3-5H3. The Morgan fingerprint density at radius 3 is 2.17 bits per heavy atom. The summed E-state index contributed by atoms with van der Waals surface area (Å²) in [6, 6.07) is 0.0580. The summed E-state index contributed by atoms with van der Waals surface area (Å²) in [6.07, 6.45) is 4.24. The topological polar surface area (TPSA) is 41.3 Å². The van der Waals surface area contributed by atoms with E-state index >= 15 is 0 Å². The normalized spacial score (nSPS) is 11.9. The molecule has 0 spiro atoms. The highest BCUT2D eigenvalue weighted by Crippen LogP contribution is 2.16. The Hall–Kier alpha value is -1.64. The van der Waals surface area contributed by atoms with Gasteiger partial charge >= 0.3 is 0 Å². The van der Waals surface area contributed by atoms with E-state index < -0.39 is 0 Å². The molecule has 0 aliphatic heterocycles. The van der Waals surface area contributed by atoms with Gasteiger partial charge in [0.2, 0.25) is 0 Å². The number of nitrogens with one attached hydrogen (secondary N) is 1. The third kappa shape index (κ3) is 9.17. The van der Waals surface area contributed by atoms with Gasteiger partial charge in [0.05, 0.1) is 12.6 Å². The van der Waals surface area contributed by atoms with Crippen molar-refractivity contribution in [1.29, 1.82) is 0 Å². The van der Waals surface area contributed by atoms with Crippen LogP contribution in [0.5, 0.6) is 0 Å². The molecule has 0 aromatic heterocycles. The lowest BCUT2D eigenvalue weighted by atomic mass is 10.0. The lowest BCUT2D eigenvalue weighted by Gasteiger charge is -2.31. The highest BCUT2D eigenvalue weighted by molar-refractivity contribution is 5.10. The van der Waals surface area contributed by atoms with Crippen molar-refractivity contribution in [1.82, 2.24) is 10.2 Å². The SMILES string of the molecule is C=C(C)CCCC(=C)N(CCC)CC(=C)NC(C(=C)N)C(C)C. The van der Waals surface area contributed by atoms with E-state index in [2.05, 4.69) is 64.2 Å². The van der Waals surface area contributed by atoms with Gasteiger partial charge in [0.25, 0.3) is 0 Å². The molecular weight excluding hydrogens is 282 g/mol. The molecule has 0 aliphatic rings. The van der Waals surface area contributed by atoms with Crippen molar-refractivity contribution >= 4 is 0 Å². The van der Waals surface area contributed by atoms with Gasteiger partial charge in [-0.2, -0.15) is 0 Å². The van der Waals surface area contributed by atoms with Gasteiger partial charge in [-0.25, -0.2) is 0 Å². The second-order valence-electron chi connectivity index (χ2n) is 6.84. The third-order valence-electron chi connectivity index (χ3n) is 3.82. The quantitative estimate of drug-likeness (QED) is 0.489. The summed E-state index contributed by atoms with van der Waals surface area (Å²) in [6.45, 7) is 26.5. The van der Waals surface area contributed by atoms with E-state index in [0.29, 0.717) is 11.6 Å². The summed E-state index contributed by atoms with van der Waals surface area (Å²) in [5.74, 6) is 0.377. The van der Waals surface area contributed by atoms with Gasteiger partial charge in [-0.15, -0.1) is 6.58 Å². The van der Waals surface area contributed by atoms with E-state index in [9.17, 15) is 0 Å². The summed E-state index contributed by atoms with van der Waals surface area (Å²) in [4.78, 5) is 2.31. The summed E-state index contributed by atoms with van der Waals surface area (Å²) < 4.78 is 0. The molecule has 0 aromatic rings. The molecule has 0 fully saturated rings. The molecule has 0 amide bonds. The Balaban J connectivity index is 4.60. The molecule has 0 aromatic carbocycles. The van der Waals surface area contributed by atoms with Crippen LogP contribution in [0.25, 0.3) is 0 Å². The van der Waals surface area contributed by atoms with Crippen LogP contribution in [0.2, 0.25) is 0 Å². The van der Waals surface area contributed by atoms with Gasteiger partial charge in [0.15, 0.2) is 0 Å². The minimum Gasteiger partial charge on any atom is -0.401 e. The molecule has 23 heavy (non-hydrogen) atoms. The van der Waals surface area contributed by atoms with Crippen LogP contribution >= 0.6 is 0 Å². The Labute approximate surface area is 144 Å². The highest BCUT2D eigenvalue weighted by Gasteiger charge is 2.16. The third-order valence-corrected chi connectivity index (χ3v) is 3.82. The van der Waals surface area contributed by atoms with Crippen molar-refractivity contribution in [2.75, 3.05) is 13.1 Å². The van der Waals surface area contributed by atoms with Crippen LogP contribution < -0.4 is 11.1 Å². The zero-order valence-corrected chi connectivity index (χ0v) is 15.8. The van der Waals surface area contributed by atoms with Gasteiger partial charge < -0.3 is 16.0 Å². The fourth-order valence-electron chi connectivity index (χ4n) is 2.55. The van der Waals surface area contributed by atoms with Crippen molar-refractivity contribution in [2.45, 2.75) is 59.4 Å². The molecule has 0 heterocycles. The van der Waals surface area contributed by atoms with Crippen LogP contribution in [-0.2, 0) is 0 Å². The first-order valence-corrected chi connectivity index (χ1v) is 8.64. The van der Waals surface area contributed by atoms with Crippen molar-refractivity contribution in [3.05, 3.63) is 49.0 Å². The highest BCUT2D eigenvalue weighted by atomic mass is 15.2. The maximum atomic E-state index is 5.89. The van der Waals surface area contributed by atoms with E-state index in [1.165, 1.54) is 11.3 Å². The maximum absolute atomic E-state index is 5.89. The van der Waals surface area contributed by atoms with Gasteiger partial charge in [-0.3, -0.25) is 0 Å². The first-order chi connectivity index (χ1) is 10.7. The average molecular weight is 320 g/mol. The first-order valence-electron chi connectivity index (χ1n) is 8.64. The minimum atomic E-state index is 0.0580. The van der Waals surface area contributed by atoms with Gasteiger partial charge in [-0.1, -0.05) is 46.1 Å². The Morgan fingerprint density at radius 1 is 1.13 bits per heavy atom. The average Bonchev–Trinajstić information content (AvgIpc) is 2.43. The van der Waals surface area contributed by atoms with E-state index in [0.717, 1.165) is 44.5 Å². The van der Waals surface area contributed by atoms with Crippen LogP contribution in [0.15, 0.2) is 49.0 Å². The summed E-state index contributed by atoms with van der Waals surface area (Å²) in [7, 11) is 0. The molecule has 0 radical (unpaired) electrons. The number of nitrogens with two attached hydrogens (primary N) is 1. The molecule has 0 rings (SSSR count). The smallest absolute Gasteiger partial charge is 0.0672 e. The van der Waals surface area contributed by atoms with E-state index in [-0.39, 0.29) is 6.04 Å². The largest absolute Gasteiger partial charge is 0.401 e. The molecule has 0 bridgehead atoms. The Morgan fingerprint density at radius 2 is 1.74 bits per heavy atom. The number of hydrogen-bond donors (Lipinski definition) is 2. The van der Waals surface area contributed by atoms with Gasteiger partial charge in [-0.05, 0) is 38.5 Å². The molecule has 1 unspecified atom stereocenters. The monoisotopic (exact) mass is 319 g/mol. The maximum Gasteiger partial charge on any atom is 0.0672 e. The van der Waals surface area contributed by atoms with Crippen molar-refractivity contribution < 1.29 is 0 Å². The van der Waals surface area contributed by atoms with E-state index in [1.807, 2.05) is 0 Å². The predicted octanol–water partition coefficient (Wildman–Crippen LogP) is 4.56. The predicted molar refractivity (Wildman–Crippen MR) is 104 cm³/mol. The molecule has 132 valence electrons. The number of allylic oxidation sites excluding steroid dienone is 2. The zero-order chi connectivity index (χ0) is 18.0. The lowest BCUT2D eigenvalue weighted by molar-refractivity contribution is 0.342. The van der Waals surface area contributed by atoms with Crippen molar-refractivity contribution in [2.24, 2.45) is 11.7 Å². The van der Waals surface area contributed by atoms with Crippen LogP contribution in [0.4, 0.5) is 0 Å². The number of hydrogen-bond acceptors (Lipinski definition) is 3. The summed E-state index contributed by atoms with van der Waals surface area (Å²) >= 11 is 0. The number of nitrogens with zero attached hydrogens (tertiary/aromatic N) is 1. The molecule has 0 saturated heterocycles. The van der Waals surface area contributed by atoms with Crippen LogP contribution in [0.3, 0.4) is 0 Å². The molecule has 3 nitrogen and oxygen atoms in total. The second-order valence-corrected chi connectivity index (χ2v) is 6.84. The van der Waals surface area contributed by atoms with Gasteiger partial charge in [0.1, 0.15) is 0 Å². The fraction of sp³-hybridized carbons (Fsp3) is 0.600. The molecule has 1 atom stereocenters. The molecule has 0 aliphatic carbocycles. The van der Waals surface area contributed by atoms with Gasteiger partial charge in [0, 0.05) is 23.6 Å². The van der Waals surface area contributed by atoms with E-state index in [4.69, 9.17) is 5.73 Å².